The summed E-state index contributed by atoms with van der Waals surface area (Å²) < 4.78 is 0. The number of rotatable bonds is 1. The van der Waals surface area contributed by atoms with Crippen LogP contribution < -0.4 is 0 Å². The Labute approximate surface area is 121 Å². The SMILES string of the molecule is Cc1c(O)ccc([C@@H]2CC[C@@]3(C)[C@H](CC[C@@H]3O)C2)c1C. The summed E-state index contributed by atoms with van der Waals surface area (Å²) in [7, 11) is 0. The highest BCUT2D eigenvalue weighted by Crippen LogP contribution is 2.55. The molecule has 110 valence electrons. The predicted octanol–water partition coefficient (Wildman–Crippen LogP) is 4.05. The lowest BCUT2D eigenvalue weighted by Gasteiger charge is -2.42. The zero-order valence-corrected chi connectivity index (χ0v) is 12.8. The van der Waals surface area contributed by atoms with Crippen molar-refractivity contribution in [1.29, 1.82) is 0 Å². The van der Waals surface area contributed by atoms with Crippen LogP contribution in [0.4, 0.5) is 0 Å². The van der Waals surface area contributed by atoms with Crippen molar-refractivity contribution in [2.75, 3.05) is 0 Å². The molecule has 1 aromatic rings. The molecule has 4 atom stereocenters. The Balaban J connectivity index is 1.86. The molecule has 2 saturated carbocycles. The largest absolute Gasteiger partial charge is 0.508 e. The standard InChI is InChI=1S/C18H26O2/c1-11-12(2)16(19)6-5-15(11)13-8-9-18(3)14(10-13)4-7-17(18)20/h5-6,13-14,17,19-20H,4,7-10H2,1-3H3/t13-,14-,17+,18+/m1/s1. The number of phenols is 1. The summed E-state index contributed by atoms with van der Waals surface area (Å²) >= 11 is 0. The Morgan fingerprint density at radius 1 is 1.10 bits per heavy atom. The molecule has 0 amide bonds. The van der Waals surface area contributed by atoms with Crippen molar-refractivity contribution in [3.8, 4) is 5.75 Å². The van der Waals surface area contributed by atoms with E-state index in [1.165, 1.54) is 24.0 Å². The number of phenolic OH excluding ortho intramolecular Hbond substituents is 1. The average Bonchev–Trinajstić information content (AvgIpc) is 2.72. The van der Waals surface area contributed by atoms with Gasteiger partial charge in [-0.1, -0.05) is 13.0 Å². The van der Waals surface area contributed by atoms with Crippen LogP contribution in [0.1, 0.15) is 61.6 Å². The van der Waals surface area contributed by atoms with Crippen LogP contribution in [-0.4, -0.2) is 16.3 Å². The molecule has 0 radical (unpaired) electrons. The maximum absolute atomic E-state index is 10.2. The molecule has 0 unspecified atom stereocenters. The number of hydrogen-bond donors (Lipinski definition) is 2. The highest BCUT2D eigenvalue weighted by molar-refractivity contribution is 5.44. The van der Waals surface area contributed by atoms with E-state index in [2.05, 4.69) is 19.9 Å². The van der Waals surface area contributed by atoms with Crippen molar-refractivity contribution in [2.45, 2.75) is 64.9 Å². The van der Waals surface area contributed by atoms with Crippen LogP contribution >= 0.6 is 0 Å². The minimum absolute atomic E-state index is 0.101. The summed E-state index contributed by atoms with van der Waals surface area (Å²) in [5.41, 5.74) is 3.82. The van der Waals surface area contributed by atoms with Crippen molar-refractivity contribution in [3.63, 3.8) is 0 Å². The fraction of sp³-hybridized carbons (Fsp3) is 0.667. The Morgan fingerprint density at radius 2 is 1.85 bits per heavy atom. The van der Waals surface area contributed by atoms with E-state index in [4.69, 9.17) is 0 Å². The fourth-order valence-electron chi connectivity index (χ4n) is 4.55. The van der Waals surface area contributed by atoms with Crippen LogP contribution in [-0.2, 0) is 0 Å². The molecule has 2 nitrogen and oxygen atoms in total. The molecule has 2 aliphatic carbocycles. The van der Waals surface area contributed by atoms with Crippen LogP contribution in [0, 0.1) is 25.2 Å². The quantitative estimate of drug-likeness (QED) is 0.811. The molecule has 0 bridgehead atoms. The molecule has 2 aliphatic rings. The molecule has 0 heterocycles. The molecule has 2 heteroatoms. The Bertz CT molecular complexity index is 522. The summed E-state index contributed by atoms with van der Waals surface area (Å²) in [6.45, 7) is 6.41. The number of aliphatic hydroxyl groups is 1. The second kappa shape index (κ2) is 4.77. The number of aromatic hydroxyl groups is 1. The van der Waals surface area contributed by atoms with Crippen LogP contribution in [0.3, 0.4) is 0 Å². The summed E-state index contributed by atoms with van der Waals surface area (Å²) in [5, 5.41) is 20.1. The van der Waals surface area contributed by atoms with Gasteiger partial charge in [-0.3, -0.25) is 0 Å². The van der Waals surface area contributed by atoms with Gasteiger partial charge in [0, 0.05) is 0 Å². The van der Waals surface area contributed by atoms with Crippen molar-refractivity contribution in [3.05, 3.63) is 28.8 Å². The lowest BCUT2D eigenvalue weighted by atomic mass is 9.63. The number of hydrogen-bond acceptors (Lipinski definition) is 2. The van der Waals surface area contributed by atoms with Gasteiger partial charge in [-0.25, -0.2) is 0 Å². The van der Waals surface area contributed by atoms with E-state index in [9.17, 15) is 10.2 Å². The van der Waals surface area contributed by atoms with Gasteiger partial charge in [-0.2, -0.15) is 0 Å². The van der Waals surface area contributed by atoms with Crippen LogP contribution in [0.5, 0.6) is 5.75 Å². The van der Waals surface area contributed by atoms with E-state index < -0.39 is 0 Å². The van der Waals surface area contributed by atoms with Gasteiger partial charge in [0.05, 0.1) is 6.10 Å². The molecular formula is C18H26O2. The zero-order valence-electron chi connectivity index (χ0n) is 12.8. The molecule has 2 N–H and O–H groups in total. The molecule has 0 aliphatic heterocycles. The molecule has 20 heavy (non-hydrogen) atoms. The summed E-state index contributed by atoms with van der Waals surface area (Å²) in [4.78, 5) is 0. The normalized spacial score (nSPS) is 36.9. The Hall–Kier alpha value is -1.02. The second-order valence-electron chi connectivity index (χ2n) is 7.19. The molecule has 2 fully saturated rings. The van der Waals surface area contributed by atoms with Gasteiger partial charge in [0.25, 0.3) is 0 Å². The first-order valence-corrected chi connectivity index (χ1v) is 7.90. The van der Waals surface area contributed by atoms with Gasteiger partial charge < -0.3 is 10.2 Å². The highest BCUT2D eigenvalue weighted by atomic mass is 16.3. The van der Waals surface area contributed by atoms with Gasteiger partial charge >= 0.3 is 0 Å². The third-order valence-electron chi connectivity index (χ3n) is 6.32. The summed E-state index contributed by atoms with van der Waals surface area (Å²) in [6, 6.07) is 3.95. The third-order valence-corrected chi connectivity index (χ3v) is 6.32. The minimum atomic E-state index is -0.101. The first-order valence-electron chi connectivity index (χ1n) is 7.90. The lowest BCUT2D eigenvalue weighted by molar-refractivity contribution is 0.00866. The summed E-state index contributed by atoms with van der Waals surface area (Å²) in [5.74, 6) is 1.66. The summed E-state index contributed by atoms with van der Waals surface area (Å²) in [6.07, 6.45) is 5.53. The highest BCUT2D eigenvalue weighted by Gasteiger charge is 2.49. The van der Waals surface area contributed by atoms with Gasteiger partial charge in [0.1, 0.15) is 5.75 Å². The van der Waals surface area contributed by atoms with Crippen molar-refractivity contribution in [2.24, 2.45) is 11.3 Å². The van der Waals surface area contributed by atoms with E-state index in [1.54, 1.807) is 0 Å². The smallest absolute Gasteiger partial charge is 0.118 e. The molecular weight excluding hydrogens is 248 g/mol. The van der Waals surface area contributed by atoms with Crippen molar-refractivity contribution >= 4 is 0 Å². The maximum atomic E-state index is 10.2. The van der Waals surface area contributed by atoms with Crippen molar-refractivity contribution in [1.82, 2.24) is 0 Å². The van der Waals surface area contributed by atoms with E-state index in [0.717, 1.165) is 24.8 Å². The van der Waals surface area contributed by atoms with E-state index in [-0.39, 0.29) is 11.5 Å². The predicted molar refractivity (Wildman–Crippen MR) is 81.0 cm³/mol. The Kier molecular flexibility index (Phi) is 3.32. The van der Waals surface area contributed by atoms with Gasteiger partial charge in [-0.15, -0.1) is 0 Å². The third kappa shape index (κ3) is 1.96. The topological polar surface area (TPSA) is 40.5 Å². The number of fused-ring (bicyclic) bond motifs is 1. The van der Waals surface area contributed by atoms with E-state index in [0.29, 0.717) is 17.6 Å². The zero-order chi connectivity index (χ0) is 14.5. The van der Waals surface area contributed by atoms with Crippen LogP contribution in [0.15, 0.2) is 12.1 Å². The van der Waals surface area contributed by atoms with Gasteiger partial charge in [0.2, 0.25) is 0 Å². The number of aliphatic hydroxyl groups excluding tert-OH is 1. The maximum Gasteiger partial charge on any atom is 0.118 e. The first-order chi connectivity index (χ1) is 9.43. The molecule has 1 aromatic carbocycles. The van der Waals surface area contributed by atoms with E-state index in [1.807, 2.05) is 13.0 Å². The van der Waals surface area contributed by atoms with Gasteiger partial charge in [-0.05, 0) is 86.0 Å². The molecule has 3 rings (SSSR count). The lowest BCUT2D eigenvalue weighted by Crippen LogP contribution is -2.37. The average molecular weight is 274 g/mol. The van der Waals surface area contributed by atoms with Crippen LogP contribution in [0.25, 0.3) is 0 Å². The second-order valence-corrected chi connectivity index (χ2v) is 7.19. The Morgan fingerprint density at radius 3 is 2.60 bits per heavy atom. The molecule has 0 spiro atoms. The van der Waals surface area contributed by atoms with Gasteiger partial charge in [0.15, 0.2) is 0 Å². The first kappa shape index (κ1) is 13.9. The monoisotopic (exact) mass is 274 g/mol. The fourth-order valence-corrected chi connectivity index (χ4v) is 4.55. The minimum Gasteiger partial charge on any atom is -0.508 e. The van der Waals surface area contributed by atoms with Crippen molar-refractivity contribution < 1.29 is 10.2 Å². The number of benzene rings is 1. The molecule has 0 saturated heterocycles. The van der Waals surface area contributed by atoms with Crippen LogP contribution in [0.2, 0.25) is 0 Å². The van der Waals surface area contributed by atoms with E-state index >= 15 is 0 Å². The molecule has 0 aromatic heterocycles.